The molecule has 25 heavy (non-hydrogen) atoms. The van der Waals surface area contributed by atoms with Gasteiger partial charge in [0.15, 0.2) is 6.61 Å². The lowest BCUT2D eigenvalue weighted by Crippen LogP contribution is -2.40. The second kappa shape index (κ2) is 7.30. The molecule has 0 aliphatic carbocycles. The van der Waals surface area contributed by atoms with Crippen molar-refractivity contribution in [3.63, 3.8) is 0 Å². The van der Waals surface area contributed by atoms with Crippen LogP contribution >= 0.6 is 0 Å². The Hall–Kier alpha value is -2.30. The largest absolute Gasteiger partial charge is 0.464 e. The summed E-state index contributed by atoms with van der Waals surface area (Å²) >= 11 is 0. The number of fused-ring (bicyclic) bond motifs is 1. The predicted molar refractivity (Wildman–Crippen MR) is 95.3 cm³/mol. The highest BCUT2D eigenvalue weighted by molar-refractivity contribution is 5.87. The number of esters is 1. The highest BCUT2D eigenvalue weighted by atomic mass is 16.5. The average molecular weight is 343 g/mol. The molecular formula is C20H25NO4. The van der Waals surface area contributed by atoms with E-state index in [1.807, 2.05) is 26.0 Å². The first-order chi connectivity index (χ1) is 11.9. The van der Waals surface area contributed by atoms with Crippen molar-refractivity contribution < 1.29 is 18.7 Å². The van der Waals surface area contributed by atoms with E-state index in [1.54, 1.807) is 11.2 Å². The number of piperidine rings is 1. The Morgan fingerprint density at radius 2 is 1.88 bits per heavy atom. The summed E-state index contributed by atoms with van der Waals surface area (Å²) in [4.78, 5) is 26.0. The third-order valence-electron chi connectivity index (χ3n) is 5.10. The third-order valence-corrected chi connectivity index (χ3v) is 5.10. The van der Waals surface area contributed by atoms with Crippen molar-refractivity contribution >= 4 is 22.8 Å². The molecule has 0 N–H and O–H groups in total. The first kappa shape index (κ1) is 17.5. The number of hydrogen-bond acceptors (Lipinski definition) is 4. The van der Waals surface area contributed by atoms with E-state index in [1.165, 1.54) is 0 Å². The quantitative estimate of drug-likeness (QED) is 0.799. The van der Waals surface area contributed by atoms with Gasteiger partial charge in [-0.05, 0) is 55.9 Å². The van der Waals surface area contributed by atoms with Crippen LogP contribution in [0.15, 0.2) is 22.8 Å². The van der Waals surface area contributed by atoms with Crippen molar-refractivity contribution in [3.05, 3.63) is 35.1 Å². The lowest BCUT2D eigenvalue weighted by atomic mass is 9.99. The maximum Gasteiger partial charge on any atom is 0.310 e. The van der Waals surface area contributed by atoms with E-state index < -0.39 is 5.97 Å². The van der Waals surface area contributed by atoms with Crippen molar-refractivity contribution in [1.82, 2.24) is 4.90 Å². The van der Waals surface area contributed by atoms with Crippen molar-refractivity contribution in [2.24, 2.45) is 5.92 Å². The number of carbonyl (C=O) groups excluding carboxylic acids is 2. The molecule has 1 aliphatic rings. The standard InChI is InChI=1S/C20H25NO4/c1-13-4-6-21(7-5-13)19(22)12-25-20(23)10-16-11-24-18-9-15(3)14(2)8-17(16)18/h8-9,11,13H,4-7,10,12H2,1-3H3. The Kier molecular flexibility index (Phi) is 5.11. The molecule has 1 amide bonds. The van der Waals surface area contributed by atoms with Gasteiger partial charge < -0.3 is 14.1 Å². The summed E-state index contributed by atoms with van der Waals surface area (Å²) in [5.41, 5.74) is 3.86. The van der Waals surface area contributed by atoms with Crippen LogP contribution in [0.3, 0.4) is 0 Å². The zero-order valence-electron chi connectivity index (χ0n) is 15.1. The van der Waals surface area contributed by atoms with Gasteiger partial charge in [0.2, 0.25) is 0 Å². The van der Waals surface area contributed by atoms with Crippen LogP contribution in [0.2, 0.25) is 0 Å². The summed E-state index contributed by atoms with van der Waals surface area (Å²) in [5, 5.41) is 0.927. The molecule has 1 aromatic heterocycles. The van der Waals surface area contributed by atoms with Gasteiger partial charge in [0.05, 0.1) is 12.7 Å². The first-order valence-electron chi connectivity index (χ1n) is 8.84. The maximum absolute atomic E-state index is 12.1. The number of nitrogens with zero attached hydrogens (tertiary/aromatic N) is 1. The van der Waals surface area contributed by atoms with Crippen LogP contribution in [0.5, 0.6) is 0 Å². The van der Waals surface area contributed by atoms with Gasteiger partial charge >= 0.3 is 5.97 Å². The van der Waals surface area contributed by atoms with Gasteiger partial charge in [-0.3, -0.25) is 9.59 Å². The molecule has 134 valence electrons. The van der Waals surface area contributed by atoms with E-state index in [9.17, 15) is 9.59 Å². The number of amides is 1. The van der Waals surface area contributed by atoms with Crippen molar-refractivity contribution in [2.45, 2.75) is 40.0 Å². The molecule has 3 rings (SSSR count). The Morgan fingerprint density at radius 1 is 1.20 bits per heavy atom. The number of ether oxygens (including phenoxy) is 1. The lowest BCUT2D eigenvalue weighted by molar-refractivity contribution is -0.152. The molecule has 5 heteroatoms. The number of aryl methyl sites for hydroxylation is 2. The van der Waals surface area contributed by atoms with Crippen LogP contribution in [0.4, 0.5) is 0 Å². The minimum Gasteiger partial charge on any atom is -0.464 e. The fourth-order valence-corrected chi connectivity index (χ4v) is 3.17. The Balaban J connectivity index is 1.56. The fourth-order valence-electron chi connectivity index (χ4n) is 3.17. The molecule has 1 aromatic carbocycles. The van der Waals surface area contributed by atoms with Gasteiger partial charge in [-0.2, -0.15) is 0 Å². The Morgan fingerprint density at radius 3 is 2.60 bits per heavy atom. The zero-order valence-corrected chi connectivity index (χ0v) is 15.1. The van der Waals surface area contributed by atoms with Crippen LogP contribution in [0.1, 0.15) is 36.5 Å². The van der Waals surface area contributed by atoms with Gasteiger partial charge in [0.1, 0.15) is 5.58 Å². The van der Waals surface area contributed by atoms with Crippen LogP contribution < -0.4 is 0 Å². The molecule has 0 radical (unpaired) electrons. The van der Waals surface area contributed by atoms with Gasteiger partial charge in [-0.25, -0.2) is 0 Å². The minimum absolute atomic E-state index is 0.108. The molecule has 0 unspecified atom stereocenters. The van der Waals surface area contributed by atoms with E-state index in [2.05, 4.69) is 6.92 Å². The SMILES string of the molecule is Cc1cc2occ(CC(=O)OCC(=O)N3CCC(C)CC3)c2cc1C. The molecule has 0 saturated carbocycles. The van der Waals surface area contributed by atoms with Crippen molar-refractivity contribution in [2.75, 3.05) is 19.7 Å². The molecular weight excluding hydrogens is 318 g/mol. The van der Waals surface area contributed by atoms with E-state index in [4.69, 9.17) is 9.15 Å². The first-order valence-corrected chi connectivity index (χ1v) is 8.84. The molecule has 5 nitrogen and oxygen atoms in total. The van der Waals surface area contributed by atoms with Gasteiger partial charge in [0.25, 0.3) is 5.91 Å². The van der Waals surface area contributed by atoms with Gasteiger partial charge in [-0.15, -0.1) is 0 Å². The lowest BCUT2D eigenvalue weighted by Gasteiger charge is -2.30. The average Bonchev–Trinajstić information content (AvgIpc) is 2.95. The Bertz CT molecular complexity index is 784. The van der Waals surface area contributed by atoms with Gasteiger partial charge in [0, 0.05) is 24.0 Å². The van der Waals surface area contributed by atoms with E-state index in [0.717, 1.165) is 53.6 Å². The zero-order chi connectivity index (χ0) is 18.0. The molecule has 2 heterocycles. The highest BCUT2D eigenvalue weighted by Gasteiger charge is 2.21. The number of hydrogen-bond donors (Lipinski definition) is 0. The highest BCUT2D eigenvalue weighted by Crippen LogP contribution is 2.25. The van der Waals surface area contributed by atoms with E-state index >= 15 is 0 Å². The summed E-state index contributed by atoms with van der Waals surface area (Å²) < 4.78 is 10.7. The van der Waals surface area contributed by atoms with E-state index in [0.29, 0.717) is 5.92 Å². The van der Waals surface area contributed by atoms with Crippen LogP contribution in [0.25, 0.3) is 11.0 Å². The second-order valence-electron chi connectivity index (χ2n) is 7.09. The van der Waals surface area contributed by atoms with Crippen LogP contribution in [0, 0.1) is 19.8 Å². The summed E-state index contributed by atoms with van der Waals surface area (Å²) in [6, 6.07) is 4.00. The number of carbonyl (C=O) groups is 2. The summed E-state index contributed by atoms with van der Waals surface area (Å²) in [5.74, 6) is 0.150. The van der Waals surface area contributed by atoms with E-state index in [-0.39, 0.29) is 18.9 Å². The topological polar surface area (TPSA) is 59.8 Å². The molecule has 0 spiro atoms. The van der Waals surface area contributed by atoms with Crippen molar-refractivity contribution in [3.8, 4) is 0 Å². The molecule has 2 aromatic rings. The molecule has 1 saturated heterocycles. The minimum atomic E-state index is -0.403. The molecule has 0 bridgehead atoms. The number of rotatable bonds is 4. The third kappa shape index (κ3) is 4.03. The summed E-state index contributed by atoms with van der Waals surface area (Å²) in [6.07, 6.45) is 3.73. The number of furan rings is 1. The number of benzene rings is 1. The Labute approximate surface area is 147 Å². The van der Waals surface area contributed by atoms with Crippen LogP contribution in [-0.4, -0.2) is 36.5 Å². The normalized spacial score (nSPS) is 15.6. The summed E-state index contributed by atoms with van der Waals surface area (Å²) in [6.45, 7) is 7.58. The monoisotopic (exact) mass is 343 g/mol. The molecule has 1 aliphatic heterocycles. The molecule has 0 atom stereocenters. The second-order valence-corrected chi connectivity index (χ2v) is 7.09. The van der Waals surface area contributed by atoms with Crippen molar-refractivity contribution in [1.29, 1.82) is 0 Å². The smallest absolute Gasteiger partial charge is 0.310 e. The molecule has 1 fully saturated rings. The predicted octanol–water partition coefficient (Wildman–Crippen LogP) is 3.39. The maximum atomic E-state index is 12.1. The number of likely N-dealkylation sites (tertiary alicyclic amines) is 1. The summed E-state index contributed by atoms with van der Waals surface area (Å²) in [7, 11) is 0. The fraction of sp³-hybridized carbons (Fsp3) is 0.500. The van der Waals surface area contributed by atoms with Gasteiger partial charge in [-0.1, -0.05) is 6.92 Å². The van der Waals surface area contributed by atoms with Crippen LogP contribution in [-0.2, 0) is 20.7 Å².